The van der Waals surface area contributed by atoms with E-state index in [4.69, 9.17) is 0 Å². The average molecular weight is 203 g/mol. The second-order valence-corrected chi connectivity index (χ2v) is 4.04. The molecule has 1 aliphatic heterocycles. The zero-order valence-electron chi connectivity index (χ0n) is 8.58. The topological polar surface area (TPSA) is 49.8 Å². The molecule has 78 valence electrons. The molecule has 4 nitrogen and oxygen atoms in total. The Bertz CT molecular complexity index is 567. The van der Waals surface area contributed by atoms with Crippen LogP contribution in [0.3, 0.4) is 0 Å². The Morgan fingerprint density at radius 3 is 3.20 bits per heavy atom. The van der Waals surface area contributed by atoms with Crippen molar-refractivity contribution in [3.05, 3.63) is 34.2 Å². The first-order chi connectivity index (χ1) is 7.29. The van der Waals surface area contributed by atoms with Crippen LogP contribution >= 0.6 is 0 Å². The van der Waals surface area contributed by atoms with E-state index < -0.39 is 0 Å². The maximum atomic E-state index is 11.7. The second-order valence-electron chi connectivity index (χ2n) is 4.04. The average Bonchev–Trinajstić information content (AvgIpc) is 2.58. The molecule has 2 heterocycles. The third-order valence-corrected chi connectivity index (χ3v) is 3.15. The van der Waals surface area contributed by atoms with Crippen molar-refractivity contribution < 1.29 is 0 Å². The Balaban J connectivity index is 2.33. The van der Waals surface area contributed by atoms with E-state index in [1.165, 1.54) is 5.56 Å². The molecule has 0 bridgehead atoms. The van der Waals surface area contributed by atoms with Gasteiger partial charge in [0.2, 0.25) is 0 Å². The van der Waals surface area contributed by atoms with Crippen LogP contribution in [0.25, 0.3) is 11.0 Å². The predicted octanol–water partition coefficient (Wildman–Crippen LogP) is 0.474. The maximum absolute atomic E-state index is 11.7. The quantitative estimate of drug-likeness (QED) is 0.708. The Morgan fingerprint density at radius 2 is 2.40 bits per heavy atom. The lowest BCUT2D eigenvalue weighted by molar-refractivity contribution is 0.463. The van der Waals surface area contributed by atoms with Gasteiger partial charge in [-0.05, 0) is 25.1 Å². The molecule has 0 saturated heterocycles. The van der Waals surface area contributed by atoms with Gasteiger partial charge in [-0.1, -0.05) is 12.1 Å². The van der Waals surface area contributed by atoms with Gasteiger partial charge >= 0.3 is 5.69 Å². The molecule has 0 amide bonds. The van der Waals surface area contributed by atoms with Gasteiger partial charge in [-0.3, -0.25) is 4.57 Å². The van der Waals surface area contributed by atoms with Crippen LogP contribution in [0.1, 0.15) is 5.56 Å². The van der Waals surface area contributed by atoms with Gasteiger partial charge in [0.25, 0.3) is 0 Å². The number of nitrogens with one attached hydrogen (secondary N) is 2. The molecule has 0 fully saturated rings. The molecule has 0 saturated carbocycles. The molecule has 2 N–H and O–H groups in total. The van der Waals surface area contributed by atoms with Gasteiger partial charge in [0.15, 0.2) is 0 Å². The Kier molecular flexibility index (Phi) is 1.73. The minimum atomic E-state index is -0.00241. The normalized spacial score (nSPS) is 19.7. The largest absolute Gasteiger partial charge is 0.326 e. The number of imidazole rings is 1. The maximum Gasteiger partial charge on any atom is 0.326 e. The number of aromatic nitrogens is 2. The molecule has 1 atom stereocenters. The van der Waals surface area contributed by atoms with E-state index in [0.717, 1.165) is 24.0 Å². The zero-order chi connectivity index (χ0) is 10.4. The van der Waals surface area contributed by atoms with Gasteiger partial charge < -0.3 is 10.3 Å². The molecule has 1 aromatic carbocycles. The van der Waals surface area contributed by atoms with Crippen molar-refractivity contribution in [1.29, 1.82) is 0 Å². The van der Waals surface area contributed by atoms with Crippen molar-refractivity contribution in [2.24, 2.45) is 0 Å². The summed E-state index contributed by atoms with van der Waals surface area (Å²) in [7, 11) is 1.94. The molecule has 4 heteroatoms. The lowest BCUT2D eigenvalue weighted by atomic mass is 10.0. The van der Waals surface area contributed by atoms with Crippen molar-refractivity contribution in [3.8, 4) is 0 Å². The molecule has 1 aromatic heterocycles. The van der Waals surface area contributed by atoms with Crippen LogP contribution in [0, 0.1) is 0 Å². The summed E-state index contributed by atoms with van der Waals surface area (Å²) < 4.78 is 1.83. The second kappa shape index (κ2) is 2.97. The molecule has 15 heavy (non-hydrogen) atoms. The molecule has 2 aromatic rings. The predicted molar refractivity (Wildman–Crippen MR) is 59.1 cm³/mol. The highest BCUT2D eigenvalue weighted by Gasteiger charge is 2.21. The van der Waals surface area contributed by atoms with E-state index in [2.05, 4.69) is 16.4 Å². The van der Waals surface area contributed by atoms with Crippen molar-refractivity contribution in [2.45, 2.75) is 19.0 Å². The molecule has 1 aliphatic rings. The minimum absolute atomic E-state index is 0.00241. The Hall–Kier alpha value is -1.55. The number of para-hydroxylation sites is 1. The van der Waals surface area contributed by atoms with Gasteiger partial charge in [0.05, 0.1) is 11.0 Å². The first kappa shape index (κ1) is 8.73. The number of aromatic amines is 1. The zero-order valence-corrected chi connectivity index (χ0v) is 8.58. The van der Waals surface area contributed by atoms with E-state index in [1.54, 1.807) is 0 Å². The summed E-state index contributed by atoms with van der Waals surface area (Å²) in [5.41, 5.74) is 3.27. The summed E-state index contributed by atoms with van der Waals surface area (Å²) in [4.78, 5) is 14.6. The fourth-order valence-electron chi connectivity index (χ4n) is 2.38. The molecular formula is C11H13N3O. The van der Waals surface area contributed by atoms with Gasteiger partial charge in [-0.25, -0.2) is 4.79 Å². The highest BCUT2D eigenvalue weighted by molar-refractivity contribution is 5.79. The SMILES string of the molecule is CN[C@H]1Cc2cccc3[nH]c(=O)n(c23)C1. The van der Waals surface area contributed by atoms with E-state index in [-0.39, 0.29) is 5.69 Å². The number of benzene rings is 1. The van der Waals surface area contributed by atoms with Crippen LogP contribution in [-0.2, 0) is 13.0 Å². The van der Waals surface area contributed by atoms with E-state index in [0.29, 0.717) is 6.04 Å². The highest BCUT2D eigenvalue weighted by atomic mass is 16.1. The van der Waals surface area contributed by atoms with Crippen LogP contribution in [-0.4, -0.2) is 22.6 Å². The van der Waals surface area contributed by atoms with Crippen LogP contribution in [0.4, 0.5) is 0 Å². The number of H-pyrrole nitrogens is 1. The smallest absolute Gasteiger partial charge is 0.315 e. The molecule has 0 spiro atoms. The van der Waals surface area contributed by atoms with Gasteiger partial charge in [0, 0.05) is 12.6 Å². The van der Waals surface area contributed by atoms with Crippen LogP contribution in [0.15, 0.2) is 23.0 Å². The van der Waals surface area contributed by atoms with Crippen molar-refractivity contribution >= 4 is 11.0 Å². The first-order valence-electron chi connectivity index (χ1n) is 5.17. The third kappa shape index (κ3) is 1.15. The van der Waals surface area contributed by atoms with E-state index >= 15 is 0 Å². The summed E-state index contributed by atoms with van der Waals surface area (Å²) in [6, 6.07) is 6.40. The first-order valence-corrected chi connectivity index (χ1v) is 5.17. The van der Waals surface area contributed by atoms with Crippen LogP contribution in [0.2, 0.25) is 0 Å². The number of likely N-dealkylation sites (N-methyl/N-ethyl adjacent to an activating group) is 1. The van der Waals surface area contributed by atoms with Gasteiger partial charge in [0.1, 0.15) is 0 Å². The lowest BCUT2D eigenvalue weighted by Gasteiger charge is -2.22. The number of hydrogen-bond acceptors (Lipinski definition) is 2. The van der Waals surface area contributed by atoms with Gasteiger partial charge in [-0.15, -0.1) is 0 Å². The van der Waals surface area contributed by atoms with Crippen LogP contribution in [0.5, 0.6) is 0 Å². The number of hydrogen-bond donors (Lipinski definition) is 2. The summed E-state index contributed by atoms with van der Waals surface area (Å²) in [6.07, 6.45) is 0.991. The summed E-state index contributed by atoms with van der Waals surface area (Å²) >= 11 is 0. The summed E-state index contributed by atoms with van der Waals surface area (Å²) in [6.45, 7) is 0.756. The Labute approximate surface area is 86.9 Å². The molecule has 0 aliphatic carbocycles. The number of nitrogens with zero attached hydrogens (tertiary/aromatic N) is 1. The van der Waals surface area contributed by atoms with Crippen molar-refractivity contribution in [1.82, 2.24) is 14.9 Å². The van der Waals surface area contributed by atoms with E-state index in [9.17, 15) is 4.79 Å². The fraction of sp³-hybridized carbons (Fsp3) is 0.364. The van der Waals surface area contributed by atoms with Crippen molar-refractivity contribution in [2.75, 3.05) is 7.05 Å². The monoisotopic (exact) mass is 203 g/mol. The number of rotatable bonds is 1. The summed E-state index contributed by atoms with van der Waals surface area (Å²) in [5.74, 6) is 0. The van der Waals surface area contributed by atoms with Crippen molar-refractivity contribution in [3.63, 3.8) is 0 Å². The fourth-order valence-corrected chi connectivity index (χ4v) is 2.38. The molecular weight excluding hydrogens is 190 g/mol. The third-order valence-electron chi connectivity index (χ3n) is 3.15. The summed E-state index contributed by atoms with van der Waals surface area (Å²) in [5, 5.41) is 3.23. The molecule has 0 unspecified atom stereocenters. The van der Waals surface area contributed by atoms with E-state index in [1.807, 2.05) is 23.7 Å². The highest BCUT2D eigenvalue weighted by Crippen LogP contribution is 2.22. The van der Waals surface area contributed by atoms with Crippen LogP contribution < -0.4 is 11.0 Å². The Morgan fingerprint density at radius 1 is 1.53 bits per heavy atom. The lowest BCUT2D eigenvalue weighted by Crippen LogP contribution is -2.38. The minimum Gasteiger partial charge on any atom is -0.315 e. The molecule has 3 rings (SSSR count). The standard InChI is InChI=1S/C11H13N3O/c1-12-8-5-7-3-2-4-9-10(7)14(6-8)11(15)13-9/h2-4,8,12H,5-6H2,1H3,(H,13,15)/t8-/m0/s1. The molecule has 0 radical (unpaired) electrons. The van der Waals surface area contributed by atoms with Gasteiger partial charge in [-0.2, -0.15) is 0 Å².